The highest BCUT2D eigenvalue weighted by molar-refractivity contribution is 5.88. The van der Waals surface area contributed by atoms with Gasteiger partial charge in [-0.15, -0.1) is 0 Å². The molecule has 0 heterocycles. The summed E-state index contributed by atoms with van der Waals surface area (Å²) in [4.78, 5) is 25.8. The van der Waals surface area contributed by atoms with Crippen LogP contribution in [0.2, 0.25) is 0 Å². The minimum atomic E-state index is -0.309. The van der Waals surface area contributed by atoms with E-state index >= 15 is 0 Å². The second-order valence-electron chi connectivity index (χ2n) is 13.3. The van der Waals surface area contributed by atoms with Gasteiger partial charge in [0.25, 0.3) is 0 Å². The van der Waals surface area contributed by atoms with E-state index in [1.54, 1.807) is 0 Å². The lowest BCUT2D eigenvalue weighted by Gasteiger charge is -2.36. The number of amides is 1. The smallest absolute Gasteiger partial charge is 0.230 e. The average molecular weight is 480 g/mol. The second kappa shape index (κ2) is 11.6. The van der Waals surface area contributed by atoms with Crippen LogP contribution in [-0.2, 0) is 15.0 Å². The van der Waals surface area contributed by atoms with Crippen molar-refractivity contribution in [3.8, 4) is 0 Å². The van der Waals surface area contributed by atoms with Crippen LogP contribution < -0.4 is 5.32 Å². The van der Waals surface area contributed by atoms with Gasteiger partial charge in [0.15, 0.2) is 0 Å². The Balaban J connectivity index is 1.21. The third-order valence-electron chi connectivity index (χ3n) is 9.54. The van der Waals surface area contributed by atoms with Crippen LogP contribution >= 0.6 is 0 Å². The Bertz CT molecular complexity index is 819. The molecule has 3 aliphatic carbocycles. The van der Waals surface area contributed by atoms with Gasteiger partial charge in [0.05, 0.1) is 5.41 Å². The lowest BCUT2D eigenvalue weighted by molar-refractivity contribution is -0.127. The van der Waals surface area contributed by atoms with Crippen molar-refractivity contribution in [3.63, 3.8) is 0 Å². The predicted molar refractivity (Wildman–Crippen MR) is 144 cm³/mol. The molecule has 3 fully saturated rings. The maximum Gasteiger partial charge on any atom is 0.230 e. The van der Waals surface area contributed by atoms with E-state index in [-0.39, 0.29) is 11.3 Å². The van der Waals surface area contributed by atoms with E-state index in [1.165, 1.54) is 37.7 Å². The van der Waals surface area contributed by atoms with Crippen molar-refractivity contribution in [2.45, 2.75) is 116 Å². The molecule has 1 aromatic rings. The molecule has 3 heteroatoms. The number of hydrogen-bond donors (Lipinski definition) is 1. The third kappa shape index (κ3) is 6.77. The molecule has 1 amide bonds. The quantitative estimate of drug-likeness (QED) is 0.355. The first-order valence-corrected chi connectivity index (χ1v) is 14.6. The van der Waals surface area contributed by atoms with Crippen LogP contribution in [0.1, 0.15) is 116 Å². The fourth-order valence-corrected chi connectivity index (χ4v) is 7.68. The van der Waals surface area contributed by atoms with E-state index in [1.807, 2.05) is 6.07 Å². The molecule has 35 heavy (non-hydrogen) atoms. The normalized spacial score (nSPS) is 27.6. The Morgan fingerprint density at radius 1 is 0.943 bits per heavy atom. The fraction of sp³-hybridized carbons (Fsp3) is 0.750. The molecule has 4 rings (SSSR count). The molecule has 2 bridgehead atoms. The standard InChI is InChI=1S/C32H49NO2/c1-31(2,3)18-10-14-28(34)13-9-15-29-25-16-17-26(29)22-24(21-25)23-33-30(35)32(19-7-8-20-32)27-11-5-4-6-12-27/h4-6,11-12,24-26,29H,7-10,13-23H2,1-3H3,(H,33,35)/t24-,25-,26?,29?/m1/s1. The zero-order valence-electron chi connectivity index (χ0n) is 22.6. The maximum atomic E-state index is 13.4. The lowest BCUT2D eigenvalue weighted by Crippen LogP contribution is -2.45. The van der Waals surface area contributed by atoms with E-state index in [0.29, 0.717) is 17.1 Å². The Kier molecular flexibility index (Phi) is 8.76. The first-order valence-electron chi connectivity index (χ1n) is 14.6. The molecule has 3 saturated carbocycles. The third-order valence-corrected chi connectivity index (χ3v) is 9.54. The van der Waals surface area contributed by atoms with E-state index in [2.05, 4.69) is 50.4 Å². The Morgan fingerprint density at radius 2 is 1.57 bits per heavy atom. The molecule has 2 unspecified atom stereocenters. The minimum absolute atomic E-state index is 0.264. The summed E-state index contributed by atoms with van der Waals surface area (Å²) in [6.07, 6.45) is 15.5. The monoisotopic (exact) mass is 479 g/mol. The highest BCUT2D eigenvalue weighted by Crippen LogP contribution is 2.51. The number of carbonyl (C=O) groups excluding carboxylic acids is 2. The molecule has 4 atom stereocenters. The summed E-state index contributed by atoms with van der Waals surface area (Å²) in [7, 11) is 0. The van der Waals surface area contributed by atoms with Crippen LogP contribution in [0.4, 0.5) is 0 Å². The molecule has 0 radical (unpaired) electrons. The van der Waals surface area contributed by atoms with Gasteiger partial charge in [-0.3, -0.25) is 9.59 Å². The number of ketones is 1. The van der Waals surface area contributed by atoms with Crippen LogP contribution in [0.3, 0.4) is 0 Å². The zero-order chi connectivity index (χ0) is 24.9. The van der Waals surface area contributed by atoms with Crippen LogP contribution in [0.25, 0.3) is 0 Å². The van der Waals surface area contributed by atoms with Gasteiger partial charge in [0.2, 0.25) is 5.91 Å². The molecule has 0 spiro atoms. The predicted octanol–water partition coefficient (Wildman–Crippen LogP) is 7.62. The van der Waals surface area contributed by atoms with Crippen molar-refractivity contribution in [1.29, 1.82) is 0 Å². The molecule has 3 nitrogen and oxygen atoms in total. The molecule has 0 aromatic heterocycles. The zero-order valence-corrected chi connectivity index (χ0v) is 22.6. The fourth-order valence-electron chi connectivity index (χ4n) is 7.68. The molecule has 194 valence electrons. The van der Waals surface area contributed by atoms with Crippen molar-refractivity contribution >= 4 is 11.7 Å². The van der Waals surface area contributed by atoms with Gasteiger partial charge in [-0.25, -0.2) is 0 Å². The van der Waals surface area contributed by atoms with E-state index < -0.39 is 0 Å². The molecular weight excluding hydrogens is 430 g/mol. The summed E-state index contributed by atoms with van der Waals surface area (Å²) >= 11 is 0. The number of carbonyl (C=O) groups is 2. The summed E-state index contributed by atoms with van der Waals surface area (Å²) in [5.74, 6) is 3.79. The molecule has 3 aliphatic rings. The number of Topliss-reactive ketones (excluding diaryl/α,β-unsaturated/α-hetero) is 1. The van der Waals surface area contributed by atoms with E-state index in [9.17, 15) is 9.59 Å². The van der Waals surface area contributed by atoms with Crippen molar-refractivity contribution in [2.24, 2.45) is 29.1 Å². The first-order chi connectivity index (χ1) is 16.8. The number of nitrogens with one attached hydrogen (secondary N) is 1. The SMILES string of the molecule is CC(C)(C)CCCC(=O)CCCC1C2CC[C@@H]1C[C@@H](CNC(=O)C1(c3ccccc3)CCCC1)C2. The first kappa shape index (κ1) is 26.4. The van der Waals surface area contributed by atoms with Crippen molar-refractivity contribution < 1.29 is 9.59 Å². The molecule has 0 aliphatic heterocycles. The van der Waals surface area contributed by atoms with Gasteiger partial charge in [0.1, 0.15) is 5.78 Å². The lowest BCUT2D eigenvalue weighted by atomic mass is 9.71. The van der Waals surface area contributed by atoms with E-state index in [4.69, 9.17) is 0 Å². The topological polar surface area (TPSA) is 46.2 Å². The minimum Gasteiger partial charge on any atom is -0.355 e. The summed E-state index contributed by atoms with van der Waals surface area (Å²) in [5.41, 5.74) is 1.22. The maximum absolute atomic E-state index is 13.4. The summed E-state index contributed by atoms with van der Waals surface area (Å²) in [6, 6.07) is 10.5. The van der Waals surface area contributed by atoms with Crippen molar-refractivity contribution in [3.05, 3.63) is 35.9 Å². The van der Waals surface area contributed by atoms with Gasteiger partial charge >= 0.3 is 0 Å². The largest absolute Gasteiger partial charge is 0.355 e. The van der Waals surface area contributed by atoms with Gasteiger partial charge < -0.3 is 5.32 Å². The number of rotatable bonds is 11. The summed E-state index contributed by atoms with van der Waals surface area (Å²) < 4.78 is 0. The highest BCUT2D eigenvalue weighted by atomic mass is 16.2. The molecule has 1 aromatic carbocycles. The second-order valence-corrected chi connectivity index (χ2v) is 13.3. The average Bonchev–Trinajstić information content (AvgIpc) is 3.41. The summed E-state index contributed by atoms with van der Waals surface area (Å²) in [5, 5.41) is 3.42. The van der Waals surface area contributed by atoms with E-state index in [0.717, 1.165) is 82.1 Å². The Labute approximate surface area is 214 Å². The summed E-state index contributed by atoms with van der Waals surface area (Å²) in [6.45, 7) is 7.61. The van der Waals surface area contributed by atoms with Crippen molar-refractivity contribution in [2.75, 3.05) is 6.54 Å². The molecular formula is C32H49NO2. The Morgan fingerprint density at radius 3 is 2.20 bits per heavy atom. The van der Waals surface area contributed by atoms with Crippen molar-refractivity contribution in [1.82, 2.24) is 5.32 Å². The van der Waals surface area contributed by atoms with Crippen LogP contribution in [-0.4, -0.2) is 18.2 Å². The van der Waals surface area contributed by atoms with Gasteiger partial charge in [-0.1, -0.05) is 63.9 Å². The number of hydrogen-bond acceptors (Lipinski definition) is 2. The van der Waals surface area contributed by atoms with Crippen LogP contribution in [0, 0.1) is 29.1 Å². The number of benzene rings is 1. The van der Waals surface area contributed by atoms with Gasteiger partial charge in [0, 0.05) is 19.4 Å². The number of fused-ring (bicyclic) bond motifs is 2. The highest BCUT2D eigenvalue weighted by Gasteiger charge is 2.44. The van der Waals surface area contributed by atoms with Gasteiger partial charge in [-0.2, -0.15) is 0 Å². The molecule has 0 saturated heterocycles. The Hall–Kier alpha value is -1.64. The van der Waals surface area contributed by atoms with Crippen LogP contribution in [0.5, 0.6) is 0 Å². The molecule has 1 N–H and O–H groups in total. The van der Waals surface area contributed by atoms with Crippen LogP contribution in [0.15, 0.2) is 30.3 Å². The van der Waals surface area contributed by atoms with Gasteiger partial charge in [-0.05, 0) is 98.9 Å².